The second kappa shape index (κ2) is 5.75. The number of carbonyl (C=O) groups is 1. The Morgan fingerprint density at radius 2 is 2.18 bits per heavy atom. The van der Waals surface area contributed by atoms with Crippen molar-refractivity contribution < 1.29 is 15.0 Å². The van der Waals surface area contributed by atoms with Crippen molar-refractivity contribution in [2.75, 3.05) is 0 Å². The lowest BCUT2D eigenvalue weighted by molar-refractivity contribution is 0.0936. The number of phenolic OH excluding ortho intramolecular Hbond substituents is 2. The summed E-state index contributed by atoms with van der Waals surface area (Å²) in [5, 5.41) is 29.6. The minimum Gasteiger partial charge on any atom is -0.504 e. The van der Waals surface area contributed by atoms with Crippen LogP contribution in [-0.4, -0.2) is 22.2 Å². The van der Waals surface area contributed by atoms with Crippen molar-refractivity contribution in [3.63, 3.8) is 0 Å². The largest absolute Gasteiger partial charge is 0.504 e. The Morgan fingerprint density at radius 3 is 2.71 bits per heavy atom. The highest BCUT2D eigenvalue weighted by atomic mass is 16.3. The molecule has 0 aliphatic heterocycles. The van der Waals surface area contributed by atoms with Crippen molar-refractivity contribution in [1.82, 2.24) is 5.32 Å². The fraction of sp³-hybridized carbons (Fsp3) is 0.333. The van der Waals surface area contributed by atoms with Crippen molar-refractivity contribution in [1.29, 1.82) is 5.26 Å². The highest BCUT2D eigenvalue weighted by molar-refractivity contribution is 5.95. The predicted octanol–water partition coefficient (Wildman–Crippen LogP) is 1.52. The third-order valence-electron chi connectivity index (χ3n) is 2.40. The van der Waals surface area contributed by atoms with Crippen LogP contribution in [0, 0.1) is 11.3 Å². The molecule has 1 atom stereocenters. The molecule has 90 valence electrons. The summed E-state index contributed by atoms with van der Waals surface area (Å²) in [6.07, 6.45) is 0.898. The number of carbonyl (C=O) groups excluding carboxylic acids is 1. The lowest BCUT2D eigenvalue weighted by atomic mass is 10.1. The van der Waals surface area contributed by atoms with Crippen LogP contribution in [0.3, 0.4) is 0 Å². The molecule has 1 aromatic carbocycles. The summed E-state index contributed by atoms with van der Waals surface area (Å²) in [6, 6.07) is 5.62. The third kappa shape index (κ3) is 3.38. The van der Waals surface area contributed by atoms with Gasteiger partial charge in [-0.05, 0) is 24.6 Å². The first-order valence-corrected chi connectivity index (χ1v) is 5.28. The van der Waals surface area contributed by atoms with Gasteiger partial charge in [-0.3, -0.25) is 4.79 Å². The monoisotopic (exact) mass is 234 g/mol. The molecule has 0 aliphatic carbocycles. The molecular formula is C12H14N2O3. The van der Waals surface area contributed by atoms with E-state index in [2.05, 4.69) is 5.32 Å². The molecule has 0 aromatic heterocycles. The maximum atomic E-state index is 11.7. The molecule has 1 amide bonds. The van der Waals surface area contributed by atoms with E-state index in [1.807, 2.05) is 13.0 Å². The summed E-state index contributed by atoms with van der Waals surface area (Å²) in [7, 11) is 0. The number of benzene rings is 1. The summed E-state index contributed by atoms with van der Waals surface area (Å²) < 4.78 is 0. The van der Waals surface area contributed by atoms with Crippen LogP contribution in [0.15, 0.2) is 18.2 Å². The molecule has 0 saturated carbocycles. The molecule has 0 fully saturated rings. The van der Waals surface area contributed by atoms with E-state index in [1.54, 1.807) is 0 Å². The number of phenols is 2. The second-order valence-electron chi connectivity index (χ2n) is 3.64. The molecular weight excluding hydrogens is 220 g/mol. The predicted molar refractivity (Wildman–Crippen MR) is 61.5 cm³/mol. The van der Waals surface area contributed by atoms with E-state index in [0.717, 1.165) is 0 Å². The molecule has 0 saturated heterocycles. The van der Waals surface area contributed by atoms with E-state index in [9.17, 15) is 9.90 Å². The first-order valence-electron chi connectivity index (χ1n) is 5.28. The van der Waals surface area contributed by atoms with Gasteiger partial charge in [0.25, 0.3) is 5.91 Å². The van der Waals surface area contributed by atoms with Crippen LogP contribution in [0.1, 0.15) is 30.1 Å². The minimum absolute atomic E-state index is 0.205. The van der Waals surface area contributed by atoms with Gasteiger partial charge in [-0.25, -0.2) is 0 Å². The summed E-state index contributed by atoms with van der Waals surface area (Å²) in [5.74, 6) is -0.987. The van der Waals surface area contributed by atoms with Crippen LogP contribution in [0.4, 0.5) is 0 Å². The fourth-order valence-electron chi connectivity index (χ4n) is 1.34. The molecule has 0 spiro atoms. The van der Waals surface area contributed by atoms with Crippen molar-refractivity contribution in [3.8, 4) is 17.6 Å². The molecule has 1 aromatic rings. The van der Waals surface area contributed by atoms with Gasteiger partial charge in [-0.15, -0.1) is 0 Å². The fourth-order valence-corrected chi connectivity index (χ4v) is 1.34. The highest BCUT2D eigenvalue weighted by Crippen LogP contribution is 2.24. The first kappa shape index (κ1) is 12.8. The molecule has 17 heavy (non-hydrogen) atoms. The lowest BCUT2D eigenvalue weighted by Gasteiger charge is -2.13. The number of rotatable bonds is 4. The van der Waals surface area contributed by atoms with Gasteiger partial charge < -0.3 is 15.5 Å². The van der Waals surface area contributed by atoms with Crippen molar-refractivity contribution in [3.05, 3.63) is 23.8 Å². The van der Waals surface area contributed by atoms with E-state index in [-0.39, 0.29) is 35.4 Å². The zero-order valence-electron chi connectivity index (χ0n) is 9.47. The number of nitriles is 1. The molecule has 5 heteroatoms. The van der Waals surface area contributed by atoms with Gasteiger partial charge in [-0.2, -0.15) is 5.26 Å². The smallest absolute Gasteiger partial charge is 0.251 e. The molecule has 5 nitrogen and oxygen atoms in total. The van der Waals surface area contributed by atoms with Gasteiger partial charge >= 0.3 is 0 Å². The Morgan fingerprint density at radius 1 is 1.47 bits per heavy atom. The number of amides is 1. The summed E-state index contributed by atoms with van der Waals surface area (Å²) >= 11 is 0. The Balaban J connectivity index is 2.76. The quantitative estimate of drug-likeness (QED) is 0.688. The third-order valence-corrected chi connectivity index (χ3v) is 2.40. The summed E-state index contributed by atoms with van der Waals surface area (Å²) in [4.78, 5) is 11.7. The maximum Gasteiger partial charge on any atom is 0.251 e. The zero-order valence-corrected chi connectivity index (χ0v) is 9.47. The molecule has 0 bridgehead atoms. The van der Waals surface area contributed by atoms with Gasteiger partial charge in [0.05, 0.1) is 12.5 Å². The van der Waals surface area contributed by atoms with Crippen molar-refractivity contribution in [2.45, 2.75) is 25.8 Å². The minimum atomic E-state index is -0.373. The van der Waals surface area contributed by atoms with Crippen LogP contribution >= 0.6 is 0 Å². The van der Waals surface area contributed by atoms with E-state index in [1.165, 1.54) is 18.2 Å². The van der Waals surface area contributed by atoms with Crippen LogP contribution < -0.4 is 5.32 Å². The number of hydrogen-bond donors (Lipinski definition) is 3. The van der Waals surface area contributed by atoms with Gasteiger partial charge in [0.1, 0.15) is 0 Å². The molecule has 0 aliphatic rings. The summed E-state index contributed by atoms with van der Waals surface area (Å²) in [6.45, 7) is 1.87. The average Bonchev–Trinajstić information content (AvgIpc) is 2.31. The molecule has 1 unspecified atom stereocenters. The number of aromatic hydroxyl groups is 2. The topological polar surface area (TPSA) is 93.4 Å². The first-order chi connectivity index (χ1) is 8.08. The Labute approximate surface area is 99.3 Å². The van der Waals surface area contributed by atoms with Crippen LogP contribution in [0.2, 0.25) is 0 Å². The van der Waals surface area contributed by atoms with Gasteiger partial charge in [0.2, 0.25) is 0 Å². The number of hydrogen-bond acceptors (Lipinski definition) is 4. The Hall–Kier alpha value is -2.22. The van der Waals surface area contributed by atoms with Crippen LogP contribution in [0.25, 0.3) is 0 Å². The highest BCUT2D eigenvalue weighted by Gasteiger charge is 2.13. The van der Waals surface area contributed by atoms with Gasteiger partial charge in [0, 0.05) is 11.6 Å². The Bertz CT molecular complexity index is 452. The van der Waals surface area contributed by atoms with E-state index >= 15 is 0 Å². The number of nitrogens with one attached hydrogen (secondary N) is 1. The van der Waals surface area contributed by atoms with E-state index < -0.39 is 0 Å². The molecule has 3 N–H and O–H groups in total. The molecule has 0 radical (unpaired) electrons. The van der Waals surface area contributed by atoms with Crippen molar-refractivity contribution >= 4 is 5.91 Å². The van der Waals surface area contributed by atoms with E-state index in [4.69, 9.17) is 10.4 Å². The SMILES string of the molecule is CCC(CC#N)NC(=O)c1ccc(O)c(O)c1. The molecule has 0 heterocycles. The lowest BCUT2D eigenvalue weighted by Crippen LogP contribution is -2.34. The second-order valence-corrected chi connectivity index (χ2v) is 3.64. The average molecular weight is 234 g/mol. The standard InChI is InChI=1S/C12H14N2O3/c1-2-9(5-6-13)14-12(17)8-3-4-10(15)11(16)7-8/h3-4,7,9,15-16H,2,5H2,1H3,(H,14,17). The van der Waals surface area contributed by atoms with Crippen LogP contribution in [-0.2, 0) is 0 Å². The van der Waals surface area contributed by atoms with Gasteiger partial charge in [-0.1, -0.05) is 6.92 Å². The van der Waals surface area contributed by atoms with E-state index in [0.29, 0.717) is 6.42 Å². The molecule has 1 rings (SSSR count). The maximum absolute atomic E-state index is 11.7. The zero-order chi connectivity index (χ0) is 12.8. The summed E-state index contributed by atoms with van der Waals surface area (Å²) in [5.41, 5.74) is 0.247. The Kier molecular flexibility index (Phi) is 4.35. The normalized spacial score (nSPS) is 11.5. The van der Waals surface area contributed by atoms with Crippen LogP contribution in [0.5, 0.6) is 11.5 Å². The number of nitrogens with zero attached hydrogens (tertiary/aromatic N) is 1. The van der Waals surface area contributed by atoms with Gasteiger partial charge in [0.15, 0.2) is 11.5 Å². The van der Waals surface area contributed by atoms with Crippen molar-refractivity contribution in [2.24, 2.45) is 0 Å².